The first-order chi connectivity index (χ1) is 8.52. The van der Waals surface area contributed by atoms with Gasteiger partial charge in [0.2, 0.25) is 11.8 Å². The van der Waals surface area contributed by atoms with Gasteiger partial charge in [-0.05, 0) is 30.3 Å². The molecule has 1 saturated heterocycles. The van der Waals surface area contributed by atoms with Gasteiger partial charge < -0.3 is 5.32 Å². The van der Waals surface area contributed by atoms with Crippen LogP contribution in [0.1, 0.15) is 13.8 Å². The lowest BCUT2D eigenvalue weighted by molar-refractivity contribution is -0.135. The molecule has 0 unspecified atom stereocenters. The zero-order valence-corrected chi connectivity index (χ0v) is 11.0. The molecule has 1 atom stereocenters. The zero-order valence-electron chi connectivity index (χ0n) is 10.2. The maximum atomic E-state index is 12.4. The first-order valence-corrected chi connectivity index (χ1v) is 6.17. The van der Waals surface area contributed by atoms with Crippen LogP contribution in [0, 0.1) is 11.8 Å². The van der Waals surface area contributed by atoms with Crippen LogP contribution in [0.5, 0.6) is 0 Å². The van der Waals surface area contributed by atoms with Crippen molar-refractivity contribution in [3.8, 4) is 0 Å². The van der Waals surface area contributed by atoms with Crippen LogP contribution < -0.4 is 10.2 Å². The van der Waals surface area contributed by atoms with E-state index in [0.717, 1.165) is 0 Å². The van der Waals surface area contributed by atoms with E-state index in [1.54, 1.807) is 12.1 Å². The highest BCUT2D eigenvalue weighted by molar-refractivity contribution is 7.80. The number of para-hydroxylation sites is 1. The van der Waals surface area contributed by atoms with Crippen LogP contribution in [0.15, 0.2) is 30.3 Å². The van der Waals surface area contributed by atoms with Crippen molar-refractivity contribution in [3.05, 3.63) is 30.3 Å². The largest absolute Gasteiger partial charge is 0.302 e. The Bertz CT molecular complexity index is 499. The van der Waals surface area contributed by atoms with Crippen LogP contribution in [-0.4, -0.2) is 16.9 Å². The smallest absolute Gasteiger partial charge is 0.246 e. The maximum absolute atomic E-state index is 12.4. The molecule has 0 spiro atoms. The quantitative estimate of drug-likeness (QED) is 0.652. The first kappa shape index (κ1) is 12.7. The number of hydrogen-bond donors (Lipinski definition) is 1. The molecule has 0 saturated carbocycles. The van der Waals surface area contributed by atoms with Crippen molar-refractivity contribution in [1.82, 2.24) is 5.32 Å². The van der Waals surface area contributed by atoms with Crippen molar-refractivity contribution in [2.24, 2.45) is 11.8 Å². The molecule has 18 heavy (non-hydrogen) atoms. The van der Waals surface area contributed by atoms with Gasteiger partial charge in [0.25, 0.3) is 0 Å². The molecule has 94 valence electrons. The Hall–Kier alpha value is -1.75. The lowest BCUT2D eigenvalue weighted by Gasteiger charge is -2.33. The number of nitrogens with zero attached hydrogens (tertiary/aromatic N) is 1. The molecule has 1 aromatic rings. The topological polar surface area (TPSA) is 49.4 Å². The number of nitrogens with one attached hydrogen (secondary N) is 1. The summed E-state index contributed by atoms with van der Waals surface area (Å²) in [4.78, 5) is 25.5. The number of carbonyl (C=O) groups excluding carboxylic acids is 2. The molecule has 0 aliphatic carbocycles. The standard InChI is InChI=1S/C13H14N2O2S/c1-8(2)10-11(16)14-13(18)15(12(10)17)9-6-4-3-5-7-9/h3-8,10H,1-2H3,(H,14,16,18)/t10-/m1/s1. The second-order valence-electron chi connectivity index (χ2n) is 4.53. The molecule has 2 rings (SSSR count). The molecule has 1 heterocycles. The van der Waals surface area contributed by atoms with E-state index in [4.69, 9.17) is 12.2 Å². The van der Waals surface area contributed by atoms with E-state index < -0.39 is 5.92 Å². The summed E-state index contributed by atoms with van der Waals surface area (Å²) in [6.07, 6.45) is 0. The number of thiocarbonyl (C=S) groups is 1. The Morgan fingerprint density at radius 2 is 1.83 bits per heavy atom. The molecule has 1 N–H and O–H groups in total. The van der Waals surface area contributed by atoms with Gasteiger partial charge in [0, 0.05) is 0 Å². The minimum atomic E-state index is -0.683. The van der Waals surface area contributed by atoms with Crippen molar-refractivity contribution < 1.29 is 9.59 Å². The highest BCUT2D eigenvalue weighted by Crippen LogP contribution is 2.24. The van der Waals surface area contributed by atoms with Gasteiger partial charge in [-0.25, -0.2) is 0 Å². The van der Waals surface area contributed by atoms with Crippen LogP contribution in [0.25, 0.3) is 0 Å². The molecule has 1 aliphatic rings. The van der Waals surface area contributed by atoms with Crippen molar-refractivity contribution in [3.63, 3.8) is 0 Å². The van der Waals surface area contributed by atoms with E-state index in [1.165, 1.54) is 4.90 Å². The molecule has 0 radical (unpaired) electrons. The van der Waals surface area contributed by atoms with Crippen LogP contribution >= 0.6 is 12.2 Å². The van der Waals surface area contributed by atoms with Gasteiger partial charge in [0.1, 0.15) is 5.92 Å². The molecule has 1 fully saturated rings. The third-order valence-corrected chi connectivity index (χ3v) is 3.17. The molecule has 1 aliphatic heterocycles. The SMILES string of the molecule is CC(C)[C@@H]1C(=O)NC(=S)N(c2ccccc2)C1=O. The Morgan fingerprint density at radius 3 is 2.39 bits per heavy atom. The third kappa shape index (κ3) is 2.13. The van der Waals surface area contributed by atoms with Crippen molar-refractivity contribution >= 4 is 34.8 Å². The maximum Gasteiger partial charge on any atom is 0.246 e. The third-order valence-electron chi connectivity index (χ3n) is 2.88. The van der Waals surface area contributed by atoms with E-state index in [0.29, 0.717) is 5.69 Å². The highest BCUT2D eigenvalue weighted by Gasteiger charge is 2.40. The fraction of sp³-hybridized carbons (Fsp3) is 0.308. The van der Waals surface area contributed by atoms with Crippen molar-refractivity contribution in [2.45, 2.75) is 13.8 Å². The van der Waals surface area contributed by atoms with Crippen molar-refractivity contribution in [1.29, 1.82) is 0 Å². The van der Waals surface area contributed by atoms with Crippen molar-refractivity contribution in [2.75, 3.05) is 4.90 Å². The predicted molar refractivity (Wildman–Crippen MR) is 73.0 cm³/mol. The Labute approximate surface area is 111 Å². The van der Waals surface area contributed by atoms with Gasteiger partial charge in [-0.2, -0.15) is 0 Å². The summed E-state index contributed by atoms with van der Waals surface area (Å²) in [5.74, 6) is -1.32. The minimum absolute atomic E-state index is 0.0631. The summed E-state index contributed by atoms with van der Waals surface area (Å²) in [6.45, 7) is 3.69. The normalized spacial score (nSPS) is 20.3. The molecule has 5 heteroatoms. The lowest BCUT2D eigenvalue weighted by atomic mass is 9.92. The first-order valence-electron chi connectivity index (χ1n) is 5.76. The van der Waals surface area contributed by atoms with Gasteiger partial charge in [0.15, 0.2) is 5.11 Å². The second kappa shape index (κ2) is 4.86. The van der Waals surface area contributed by atoms with Crippen LogP contribution in [0.4, 0.5) is 5.69 Å². The van der Waals surface area contributed by atoms with Crippen LogP contribution in [0.2, 0.25) is 0 Å². The minimum Gasteiger partial charge on any atom is -0.302 e. The molecule has 0 bridgehead atoms. The number of carbonyl (C=O) groups is 2. The summed E-state index contributed by atoms with van der Waals surface area (Å²) in [5, 5.41) is 2.73. The van der Waals surface area contributed by atoms with Gasteiger partial charge in [-0.15, -0.1) is 0 Å². The molecule has 4 nitrogen and oxygen atoms in total. The lowest BCUT2D eigenvalue weighted by Crippen LogP contribution is -2.59. The van der Waals surface area contributed by atoms with E-state index in [-0.39, 0.29) is 22.8 Å². The van der Waals surface area contributed by atoms with Crippen LogP contribution in [0.3, 0.4) is 0 Å². The summed E-state index contributed by atoms with van der Waals surface area (Å²) < 4.78 is 0. The summed E-state index contributed by atoms with van der Waals surface area (Å²) in [7, 11) is 0. The zero-order chi connectivity index (χ0) is 13.3. The molecular weight excluding hydrogens is 248 g/mol. The van der Waals surface area contributed by atoms with Gasteiger partial charge in [0.05, 0.1) is 5.69 Å². The molecular formula is C13H14N2O2S. The highest BCUT2D eigenvalue weighted by atomic mass is 32.1. The van der Waals surface area contributed by atoms with Gasteiger partial charge >= 0.3 is 0 Å². The Morgan fingerprint density at radius 1 is 1.22 bits per heavy atom. The van der Waals surface area contributed by atoms with E-state index in [2.05, 4.69) is 5.32 Å². The fourth-order valence-electron chi connectivity index (χ4n) is 2.00. The second-order valence-corrected chi connectivity index (χ2v) is 4.91. The van der Waals surface area contributed by atoms with Gasteiger partial charge in [-0.3, -0.25) is 14.5 Å². The molecule has 2 amide bonds. The van der Waals surface area contributed by atoms with E-state index in [9.17, 15) is 9.59 Å². The van der Waals surface area contributed by atoms with Gasteiger partial charge in [-0.1, -0.05) is 32.0 Å². The summed E-state index contributed by atoms with van der Waals surface area (Å²) in [6, 6.07) is 9.09. The average Bonchev–Trinajstić information content (AvgIpc) is 2.28. The van der Waals surface area contributed by atoms with Crippen LogP contribution in [-0.2, 0) is 9.59 Å². The van der Waals surface area contributed by atoms with E-state index >= 15 is 0 Å². The number of hydrogen-bond acceptors (Lipinski definition) is 3. The fourth-order valence-corrected chi connectivity index (χ4v) is 2.30. The summed E-state index contributed by atoms with van der Waals surface area (Å²) >= 11 is 5.08. The molecule has 0 aromatic heterocycles. The molecule has 1 aromatic carbocycles. The monoisotopic (exact) mass is 262 g/mol. The number of benzene rings is 1. The average molecular weight is 262 g/mol. The Balaban J connectivity index is 2.39. The Kier molecular flexibility index (Phi) is 3.43. The number of anilines is 1. The number of amides is 2. The summed E-state index contributed by atoms with van der Waals surface area (Å²) in [5.41, 5.74) is 0.679. The predicted octanol–water partition coefficient (Wildman–Crippen LogP) is 1.71. The van der Waals surface area contributed by atoms with E-state index in [1.807, 2.05) is 32.0 Å². The number of rotatable bonds is 2.